The van der Waals surface area contributed by atoms with Crippen molar-refractivity contribution < 1.29 is 4.42 Å². The smallest absolute Gasteiger partial charge is 0.191 e. The van der Waals surface area contributed by atoms with Crippen molar-refractivity contribution >= 4 is 29.9 Å². The normalized spacial score (nSPS) is 20.8. The lowest BCUT2D eigenvalue weighted by Gasteiger charge is -2.27. The second-order valence-electron chi connectivity index (χ2n) is 8.01. The van der Waals surface area contributed by atoms with Gasteiger partial charge in [-0.15, -0.1) is 24.0 Å². The summed E-state index contributed by atoms with van der Waals surface area (Å²) >= 11 is 0. The Morgan fingerprint density at radius 1 is 1.10 bits per heavy atom. The molecule has 29 heavy (non-hydrogen) atoms. The van der Waals surface area contributed by atoms with Crippen LogP contribution in [0.1, 0.15) is 37.5 Å². The van der Waals surface area contributed by atoms with Gasteiger partial charge in [0.05, 0.1) is 12.3 Å². The van der Waals surface area contributed by atoms with E-state index in [9.17, 15) is 0 Å². The minimum atomic E-state index is 0. The summed E-state index contributed by atoms with van der Waals surface area (Å²) in [5.74, 6) is 1.92. The van der Waals surface area contributed by atoms with Gasteiger partial charge in [-0.05, 0) is 77.6 Å². The van der Waals surface area contributed by atoms with E-state index >= 15 is 0 Å². The summed E-state index contributed by atoms with van der Waals surface area (Å²) in [4.78, 5) is 11.9. The number of rotatable bonds is 8. The molecule has 3 rings (SSSR count). The van der Waals surface area contributed by atoms with Crippen LogP contribution in [0.2, 0.25) is 0 Å². The van der Waals surface area contributed by atoms with Gasteiger partial charge in [-0.3, -0.25) is 9.89 Å². The maximum Gasteiger partial charge on any atom is 0.191 e. The molecule has 0 amide bonds. The summed E-state index contributed by atoms with van der Waals surface area (Å²) in [6.07, 6.45) is 6.73. The molecule has 2 aliphatic rings. The van der Waals surface area contributed by atoms with E-state index in [1.165, 1.54) is 45.4 Å². The lowest BCUT2D eigenvalue weighted by Crippen LogP contribution is -2.43. The van der Waals surface area contributed by atoms with Crippen LogP contribution < -0.4 is 10.6 Å². The van der Waals surface area contributed by atoms with Gasteiger partial charge in [0.1, 0.15) is 5.76 Å². The Balaban J connectivity index is 0.00000300. The van der Waals surface area contributed by atoms with Gasteiger partial charge in [0.25, 0.3) is 0 Å². The van der Waals surface area contributed by atoms with Crippen LogP contribution in [0.5, 0.6) is 0 Å². The van der Waals surface area contributed by atoms with Crippen LogP contribution in [0.3, 0.4) is 0 Å². The topological polar surface area (TPSA) is 59.3 Å². The molecule has 7 nitrogen and oxygen atoms in total. The summed E-state index contributed by atoms with van der Waals surface area (Å²) in [5.41, 5.74) is 0. The minimum Gasteiger partial charge on any atom is -0.468 e. The zero-order chi connectivity index (χ0) is 19.6. The van der Waals surface area contributed by atoms with E-state index in [0.717, 1.165) is 50.9 Å². The quantitative estimate of drug-likeness (QED) is 0.238. The van der Waals surface area contributed by atoms with Crippen molar-refractivity contribution in [1.82, 2.24) is 25.3 Å². The van der Waals surface area contributed by atoms with Crippen molar-refractivity contribution in [3.8, 4) is 0 Å². The number of guanidine groups is 1. The molecule has 1 aromatic heterocycles. The predicted molar refractivity (Wildman–Crippen MR) is 130 cm³/mol. The molecule has 2 fully saturated rings. The zero-order valence-corrected chi connectivity index (χ0v) is 20.4. The first kappa shape index (κ1) is 24.4. The summed E-state index contributed by atoms with van der Waals surface area (Å²) < 4.78 is 5.71. The van der Waals surface area contributed by atoms with E-state index in [1.54, 1.807) is 6.26 Å². The van der Waals surface area contributed by atoms with Crippen molar-refractivity contribution in [3.63, 3.8) is 0 Å². The van der Waals surface area contributed by atoms with Gasteiger partial charge in [-0.25, -0.2) is 0 Å². The molecule has 0 aliphatic carbocycles. The molecule has 1 aromatic rings. The highest BCUT2D eigenvalue weighted by Crippen LogP contribution is 2.24. The molecule has 0 saturated carbocycles. The maximum absolute atomic E-state index is 5.71. The second-order valence-corrected chi connectivity index (χ2v) is 8.01. The molecule has 2 aliphatic heterocycles. The van der Waals surface area contributed by atoms with Gasteiger partial charge in [-0.1, -0.05) is 0 Å². The summed E-state index contributed by atoms with van der Waals surface area (Å²) in [7, 11) is 4.07. The molecule has 2 N–H and O–H groups in total. The fourth-order valence-corrected chi connectivity index (χ4v) is 4.19. The van der Waals surface area contributed by atoms with E-state index in [4.69, 9.17) is 4.42 Å². The number of furan rings is 1. The molecule has 1 atom stereocenters. The standard InChI is InChI=1S/C21H38N6O.HI/c1-22-21(23-9-6-11-26-12-7-10-25(2)15-16-26)24-18-19(20-8-5-17-28-20)27-13-3-4-14-27;/h5,8,17,19H,3-4,6-7,9-16,18H2,1-2H3,(H2,22,23,24);1H. The second kappa shape index (κ2) is 13.5. The Kier molecular flexibility index (Phi) is 11.3. The number of aliphatic imine (C=N–C) groups is 1. The van der Waals surface area contributed by atoms with Gasteiger partial charge >= 0.3 is 0 Å². The summed E-state index contributed by atoms with van der Waals surface area (Å²) in [6.45, 7) is 10.0. The lowest BCUT2D eigenvalue weighted by atomic mass is 10.2. The van der Waals surface area contributed by atoms with E-state index in [0.29, 0.717) is 0 Å². The number of nitrogens with zero attached hydrogens (tertiary/aromatic N) is 4. The molecule has 166 valence electrons. The number of likely N-dealkylation sites (N-methyl/N-ethyl adjacent to an activating group) is 1. The van der Waals surface area contributed by atoms with Crippen LogP contribution >= 0.6 is 24.0 Å². The Morgan fingerprint density at radius 2 is 1.93 bits per heavy atom. The Morgan fingerprint density at radius 3 is 2.66 bits per heavy atom. The Labute approximate surface area is 193 Å². The zero-order valence-electron chi connectivity index (χ0n) is 18.1. The molecule has 0 aromatic carbocycles. The molecule has 3 heterocycles. The fraction of sp³-hybridized carbons (Fsp3) is 0.762. The highest BCUT2D eigenvalue weighted by atomic mass is 127. The van der Waals surface area contributed by atoms with Gasteiger partial charge < -0.3 is 24.9 Å². The van der Waals surface area contributed by atoms with Crippen LogP contribution in [0.4, 0.5) is 0 Å². The van der Waals surface area contributed by atoms with E-state index in [2.05, 4.69) is 43.4 Å². The van der Waals surface area contributed by atoms with Gasteiger partial charge in [0, 0.05) is 33.2 Å². The summed E-state index contributed by atoms with van der Waals surface area (Å²) in [6, 6.07) is 4.33. The van der Waals surface area contributed by atoms with Gasteiger partial charge in [0.2, 0.25) is 0 Å². The maximum atomic E-state index is 5.71. The van der Waals surface area contributed by atoms with Crippen LogP contribution in [0.15, 0.2) is 27.8 Å². The Bertz CT molecular complexity index is 576. The van der Waals surface area contributed by atoms with E-state index < -0.39 is 0 Å². The number of nitrogens with one attached hydrogen (secondary N) is 2. The third-order valence-corrected chi connectivity index (χ3v) is 5.90. The predicted octanol–water partition coefficient (Wildman–Crippen LogP) is 2.23. The highest BCUT2D eigenvalue weighted by molar-refractivity contribution is 14.0. The van der Waals surface area contributed by atoms with Crippen LogP contribution in [-0.2, 0) is 0 Å². The average Bonchev–Trinajstić information content (AvgIpc) is 3.38. The number of hydrogen-bond donors (Lipinski definition) is 2. The van der Waals surface area contributed by atoms with Gasteiger partial charge in [0.15, 0.2) is 5.96 Å². The molecule has 2 saturated heterocycles. The van der Waals surface area contributed by atoms with Crippen LogP contribution in [0.25, 0.3) is 0 Å². The third-order valence-electron chi connectivity index (χ3n) is 5.90. The first-order chi connectivity index (χ1) is 13.8. The Hall–Kier alpha value is -0.840. The van der Waals surface area contributed by atoms with Crippen molar-refractivity contribution in [2.45, 2.75) is 31.7 Å². The molecule has 8 heteroatoms. The van der Waals surface area contributed by atoms with Crippen LogP contribution in [-0.4, -0.2) is 93.7 Å². The molecule has 0 bridgehead atoms. The number of halogens is 1. The monoisotopic (exact) mass is 518 g/mol. The van der Waals surface area contributed by atoms with E-state index in [1.807, 2.05) is 13.1 Å². The SMILES string of the molecule is CN=C(NCCCN1CCCN(C)CC1)NCC(c1ccco1)N1CCCC1.I. The first-order valence-corrected chi connectivity index (χ1v) is 10.9. The largest absolute Gasteiger partial charge is 0.468 e. The third kappa shape index (κ3) is 8.07. The number of likely N-dealkylation sites (tertiary alicyclic amines) is 1. The first-order valence-electron chi connectivity index (χ1n) is 10.9. The molecule has 0 spiro atoms. The molecular formula is C21H39IN6O. The fourth-order valence-electron chi connectivity index (χ4n) is 4.19. The van der Waals surface area contributed by atoms with Crippen molar-refractivity contribution in [2.75, 3.05) is 73.0 Å². The highest BCUT2D eigenvalue weighted by Gasteiger charge is 2.25. The van der Waals surface area contributed by atoms with E-state index in [-0.39, 0.29) is 30.0 Å². The van der Waals surface area contributed by atoms with Crippen molar-refractivity contribution in [2.24, 2.45) is 4.99 Å². The molecule has 1 unspecified atom stereocenters. The average molecular weight is 518 g/mol. The molecular weight excluding hydrogens is 479 g/mol. The van der Waals surface area contributed by atoms with Crippen molar-refractivity contribution in [3.05, 3.63) is 24.2 Å². The summed E-state index contributed by atoms with van der Waals surface area (Å²) in [5, 5.41) is 6.98. The van der Waals surface area contributed by atoms with Crippen molar-refractivity contribution in [1.29, 1.82) is 0 Å². The molecule has 0 radical (unpaired) electrons. The number of hydrogen-bond acceptors (Lipinski definition) is 5. The minimum absolute atomic E-state index is 0. The van der Waals surface area contributed by atoms with Gasteiger partial charge in [-0.2, -0.15) is 0 Å². The van der Waals surface area contributed by atoms with Crippen LogP contribution in [0, 0.1) is 0 Å². The lowest BCUT2D eigenvalue weighted by molar-refractivity contribution is 0.215.